The molecule has 2 aromatic rings. The molecular weight excluding hydrogens is 428 g/mol. The first-order chi connectivity index (χ1) is 12.7. The van der Waals surface area contributed by atoms with Crippen molar-refractivity contribution in [2.24, 2.45) is 0 Å². The van der Waals surface area contributed by atoms with Gasteiger partial charge in [-0.15, -0.1) is 11.3 Å². The van der Waals surface area contributed by atoms with Gasteiger partial charge < -0.3 is 9.84 Å². The number of aliphatic hydroxyl groups excluding tert-OH is 1. The molecule has 1 aliphatic rings. The van der Waals surface area contributed by atoms with E-state index in [1.807, 2.05) is 0 Å². The molecule has 1 N–H and O–H groups in total. The summed E-state index contributed by atoms with van der Waals surface area (Å²) in [5, 5.41) is 10.5. The number of hydrogen-bond acceptors (Lipinski definition) is 6. The number of ether oxygens (including phenoxy) is 1. The van der Waals surface area contributed by atoms with Crippen LogP contribution in [0.1, 0.15) is 10.4 Å². The SMILES string of the molecule is BCOc1c(Cl)ccc(F)c1C1=C(O)c2scnc2N(CC(F)F)S1(=O)=O. The van der Waals surface area contributed by atoms with Gasteiger partial charge in [-0.2, -0.15) is 0 Å². The molecule has 0 saturated heterocycles. The Labute approximate surface area is 162 Å². The van der Waals surface area contributed by atoms with Crippen molar-refractivity contribution in [3.63, 3.8) is 0 Å². The molecule has 27 heavy (non-hydrogen) atoms. The van der Waals surface area contributed by atoms with Crippen LogP contribution >= 0.6 is 22.9 Å². The van der Waals surface area contributed by atoms with Gasteiger partial charge >= 0.3 is 0 Å². The summed E-state index contributed by atoms with van der Waals surface area (Å²) in [6.07, 6.45) is -3.02. The lowest BCUT2D eigenvalue weighted by molar-refractivity contribution is 0.159. The number of anilines is 1. The van der Waals surface area contributed by atoms with Gasteiger partial charge in [-0.3, -0.25) is 0 Å². The third kappa shape index (κ3) is 3.25. The highest BCUT2D eigenvalue weighted by atomic mass is 35.5. The van der Waals surface area contributed by atoms with Crippen molar-refractivity contribution in [2.45, 2.75) is 6.43 Å². The summed E-state index contributed by atoms with van der Waals surface area (Å²) in [7, 11) is -3.21. The number of rotatable bonds is 5. The first-order valence-electron chi connectivity index (χ1n) is 7.49. The Morgan fingerprint density at radius 3 is 2.74 bits per heavy atom. The largest absolute Gasteiger partial charge is 0.505 e. The van der Waals surface area contributed by atoms with E-state index in [2.05, 4.69) is 4.98 Å². The van der Waals surface area contributed by atoms with Crippen LogP contribution in [-0.2, 0) is 10.0 Å². The van der Waals surface area contributed by atoms with Crippen molar-refractivity contribution in [2.75, 3.05) is 17.4 Å². The van der Waals surface area contributed by atoms with E-state index >= 15 is 0 Å². The monoisotopic (exact) mass is 438 g/mol. The molecule has 13 heteroatoms. The second-order valence-electron chi connectivity index (χ2n) is 5.28. The van der Waals surface area contributed by atoms with Gasteiger partial charge in [0.15, 0.2) is 19.4 Å². The van der Waals surface area contributed by atoms with Crippen LogP contribution in [0.2, 0.25) is 5.02 Å². The summed E-state index contributed by atoms with van der Waals surface area (Å²) in [5.41, 5.74) is 0.565. The summed E-state index contributed by atoms with van der Waals surface area (Å²) in [6, 6.07) is 2.06. The van der Waals surface area contributed by atoms with E-state index in [9.17, 15) is 26.7 Å². The van der Waals surface area contributed by atoms with E-state index in [4.69, 9.17) is 16.3 Å². The minimum atomic E-state index is -4.78. The van der Waals surface area contributed by atoms with Crippen molar-refractivity contribution < 1.29 is 31.4 Å². The highest BCUT2D eigenvalue weighted by Crippen LogP contribution is 2.48. The number of alkyl halides is 2. The molecule has 3 rings (SSSR count). The standard InChI is InChI=1S/C14H11BClF3N2O4S2/c15-4-25-11-6(16)1-2-7(17)9(11)13-10(22)12-14(20-5-26-12)21(3-8(18)19)27(13,23)24/h1-2,5,8,22H,3-4,15H2. The molecule has 0 amide bonds. The summed E-state index contributed by atoms with van der Waals surface area (Å²) < 4.78 is 72.3. The molecule has 144 valence electrons. The zero-order chi connectivity index (χ0) is 19.9. The number of hydrogen-bond donors (Lipinski definition) is 1. The molecule has 1 aromatic carbocycles. The van der Waals surface area contributed by atoms with Crippen LogP contribution in [0.25, 0.3) is 10.7 Å². The van der Waals surface area contributed by atoms with Crippen molar-refractivity contribution in [3.05, 3.63) is 38.9 Å². The predicted molar refractivity (Wildman–Crippen MR) is 99.3 cm³/mol. The number of sulfonamides is 1. The van der Waals surface area contributed by atoms with Crippen LogP contribution < -0.4 is 9.04 Å². The second-order valence-corrected chi connectivity index (χ2v) is 8.34. The van der Waals surface area contributed by atoms with Crippen LogP contribution in [-0.4, -0.2) is 45.8 Å². The highest BCUT2D eigenvalue weighted by Gasteiger charge is 2.43. The molecule has 1 aromatic heterocycles. The van der Waals surface area contributed by atoms with E-state index < -0.39 is 45.0 Å². The predicted octanol–water partition coefficient (Wildman–Crippen LogP) is 2.70. The maximum atomic E-state index is 14.6. The average Bonchev–Trinajstić information content (AvgIpc) is 3.07. The number of fused-ring (bicyclic) bond motifs is 1. The molecule has 0 saturated carbocycles. The fourth-order valence-corrected chi connectivity index (χ4v) is 5.38. The van der Waals surface area contributed by atoms with Crippen molar-refractivity contribution in [1.29, 1.82) is 0 Å². The summed E-state index contributed by atoms with van der Waals surface area (Å²) in [5.74, 6) is -2.51. The zero-order valence-electron chi connectivity index (χ0n) is 13.6. The Bertz CT molecular complexity index is 1030. The van der Waals surface area contributed by atoms with Gasteiger partial charge in [0.05, 0.1) is 29.1 Å². The third-order valence-electron chi connectivity index (χ3n) is 3.64. The lowest BCUT2D eigenvalue weighted by Gasteiger charge is -2.29. The summed E-state index contributed by atoms with van der Waals surface area (Å²) in [6.45, 7) is -1.18. The van der Waals surface area contributed by atoms with E-state index in [1.165, 1.54) is 5.51 Å². The first kappa shape index (κ1) is 19.8. The minimum absolute atomic E-state index is 0.0246. The number of benzene rings is 1. The van der Waals surface area contributed by atoms with Crippen molar-refractivity contribution >= 4 is 57.3 Å². The van der Waals surface area contributed by atoms with E-state index in [0.29, 0.717) is 4.31 Å². The molecule has 0 bridgehead atoms. The van der Waals surface area contributed by atoms with Gasteiger partial charge in [0, 0.05) is 0 Å². The Balaban J connectivity index is 2.36. The number of thiazole rings is 1. The minimum Gasteiger partial charge on any atom is -0.505 e. The summed E-state index contributed by atoms with van der Waals surface area (Å²) >= 11 is 6.83. The molecule has 0 fully saturated rings. The third-order valence-corrected chi connectivity index (χ3v) is 6.58. The molecule has 0 atom stereocenters. The van der Waals surface area contributed by atoms with E-state index in [-0.39, 0.29) is 28.0 Å². The summed E-state index contributed by atoms with van der Waals surface area (Å²) in [4.78, 5) is 2.77. The average molecular weight is 439 g/mol. The Morgan fingerprint density at radius 2 is 2.11 bits per heavy atom. The lowest BCUT2D eigenvalue weighted by atomic mass is 10.1. The number of aromatic nitrogens is 1. The van der Waals surface area contributed by atoms with E-state index in [1.54, 1.807) is 7.85 Å². The first-order valence-corrected chi connectivity index (χ1v) is 10.2. The quantitative estimate of drug-likeness (QED) is 0.726. The molecular formula is C14H11BClF3N2O4S2. The van der Waals surface area contributed by atoms with Crippen LogP contribution in [0, 0.1) is 5.82 Å². The second kappa shape index (κ2) is 7.25. The van der Waals surface area contributed by atoms with Gasteiger partial charge in [-0.25, -0.2) is 30.9 Å². The molecule has 1 aliphatic heterocycles. The molecule has 0 aliphatic carbocycles. The maximum Gasteiger partial charge on any atom is 0.270 e. The molecule has 2 heterocycles. The molecule has 0 spiro atoms. The maximum absolute atomic E-state index is 14.6. The van der Waals surface area contributed by atoms with Crippen LogP contribution in [0.15, 0.2) is 17.6 Å². The Hall–Kier alpha value is -1.92. The lowest BCUT2D eigenvalue weighted by Crippen LogP contribution is -2.38. The smallest absolute Gasteiger partial charge is 0.270 e. The molecule has 6 nitrogen and oxygen atoms in total. The van der Waals surface area contributed by atoms with Crippen molar-refractivity contribution in [1.82, 2.24) is 4.98 Å². The number of halogens is 4. The van der Waals surface area contributed by atoms with Crippen LogP contribution in [0.4, 0.5) is 19.0 Å². The van der Waals surface area contributed by atoms with Crippen LogP contribution in [0.5, 0.6) is 5.75 Å². The highest BCUT2D eigenvalue weighted by molar-refractivity contribution is 8.02. The fraction of sp³-hybridized carbons (Fsp3) is 0.214. The van der Waals surface area contributed by atoms with Gasteiger partial charge in [0.1, 0.15) is 21.3 Å². The Kier molecular flexibility index (Phi) is 5.32. The normalized spacial score (nSPS) is 16.0. The van der Waals surface area contributed by atoms with Gasteiger partial charge in [-0.05, 0) is 12.1 Å². The van der Waals surface area contributed by atoms with Crippen molar-refractivity contribution in [3.8, 4) is 5.75 Å². The van der Waals surface area contributed by atoms with E-state index in [0.717, 1.165) is 23.5 Å². The van der Waals surface area contributed by atoms with Gasteiger partial charge in [0.2, 0.25) is 0 Å². The zero-order valence-corrected chi connectivity index (χ0v) is 16.0. The molecule has 0 radical (unpaired) electrons. The number of aliphatic hydroxyl groups is 1. The number of nitrogens with zero attached hydrogens (tertiary/aromatic N) is 2. The molecule has 0 unspecified atom stereocenters. The topological polar surface area (TPSA) is 79.7 Å². The fourth-order valence-electron chi connectivity index (χ4n) is 2.62. The Morgan fingerprint density at radius 1 is 1.41 bits per heavy atom. The van der Waals surface area contributed by atoms with Crippen LogP contribution in [0.3, 0.4) is 0 Å². The van der Waals surface area contributed by atoms with Gasteiger partial charge in [-0.1, -0.05) is 11.6 Å². The van der Waals surface area contributed by atoms with Gasteiger partial charge in [0.25, 0.3) is 16.4 Å².